The van der Waals surface area contributed by atoms with Gasteiger partial charge in [-0.1, -0.05) is 30.7 Å². The maximum absolute atomic E-state index is 10.0. The SMILES string of the molecule is CC1CCN(CC(O)COCc2ccc(Cl)cc2)CC1. The first-order valence-corrected chi connectivity index (χ1v) is 7.74. The summed E-state index contributed by atoms with van der Waals surface area (Å²) in [7, 11) is 0. The van der Waals surface area contributed by atoms with E-state index < -0.39 is 6.10 Å². The first-order valence-electron chi connectivity index (χ1n) is 7.36. The van der Waals surface area contributed by atoms with E-state index in [1.54, 1.807) is 0 Å². The Morgan fingerprint density at radius 1 is 1.30 bits per heavy atom. The minimum absolute atomic E-state index is 0.384. The van der Waals surface area contributed by atoms with Crippen LogP contribution in [0.15, 0.2) is 24.3 Å². The summed E-state index contributed by atoms with van der Waals surface area (Å²) >= 11 is 5.83. The van der Waals surface area contributed by atoms with Gasteiger partial charge in [0.1, 0.15) is 0 Å². The second kappa shape index (κ2) is 7.99. The highest BCUT2D eigenvalue weighted by Gasteiger charge is 2.18. The molecule has 1 aromatic rings. The van der Waals surface area contributed by atoms with Crippen LogP contribution in [-0.4, -0.2) is 42.4 Å². The summed E-state index contributed by atoms with van der Waals surface area (Å²) in [5, 5.41) is 10.7. The number of halogens is 1. The van der Waals surface area contributed by atoms with Crippen molar-refractivity contribution in [1.29, 1.82) is 0 Å². The molecule has 0 aromatic heterocycles. The zero-order valence-electron chi connectivity index (χ0n) is 12.1. The molecule has 1 aliphatic heterocycles. The summed E-state index contributed by atoms with van der Waals surface area (Å²) in [5.74, 6) is 0.824. The molecular formula is C16H24ClNO2. The average molecular weight is 298 g/mol. The topological polar surface area (TPSA) is 32.7 Å². The van der Waals surface area contributed by atoms with Crippen LogP contribution in [0.3, 0.4) is 0 Å². The quantitative estimate of drug-likeness (QED) is 0.876. The lowest BCUT2D eigenvalue weighted by Crippen LogP contribution is -2.39. The Morgan fingerprint density at radius 2 is 1.95 bits per heavy atom. The van der Waals surface area contributed by atoms with Crippen LogP contribution in [-0.2, 0) is 11.3 Å². The van der Waals surface area contributed by atoms with Crippen molar-refractivity contribution in [3.63, 3.8) is 0 Å². The Hall–Kier alpha value is -0.610. The highest BCUT2D eigenvalue weighted by Crippen LogP contribution is 2.16. The maximum Gasteiger partial charge on any atom is 0.0900 e. The Kier molecular flexibility index (Phi) is 6.30. The normalized spacial score (nSPS) is 19.1. The first-order chi connectivity index (χ1) is 9.63. The van der Waals surface area contributed by atoms with E-state index >= 15 is 0 Å². The number of hydrogen-bond acceptors (Lipinski definition) is 3. The van der Waals surface area contributed by atoms with Crippen LogP contribution in [0.25, 0.3) is 0 Å². The lowest BCUT2D eigenvalue weighted by atomic mass is 9.99. The molecule has 0 saturated carbocycles. The van der Waals surface area contributed by atoms with Crippen molar-refractivity contribution >= 4 is 11.6 Å². The van der Waals surface area contributed by atoms with Gasteiger partial charge >= 0.3 is 0 Å². The second-order valence-corrected chi connectivity index (χ2v) is 6.21. The molecule has 1 aliphatic rings. The highest BCUT2D eigenvalue weighted by molar-refractivity contribution is 6.30. The van der Waals surface area contributed by atoms with Gasteiger partial charge in [-0.25, -0.2) is 0 Å². The molecule has 0 amide bonds. The maximum atomic E-state index is 10.0. The molecule has 1 N–H and O–H groups in total. The number of benzene rings is 1. The van der Waals surface area contributed by atoms with Crippen molar-refractivity contribution in [2.24, 2.45) is 5.92 Å². The van der Waals surface area contributed by atoms with E-state index in [2.05, 4.69) is 11.8 Å². The van der Waals surface area contributed by atoms with Gasteiger partial charge in [-0.2, -0.15) is 0 Å². The number of hydrogen-bond donors (Lipinski definition) is 1. The summed E-state index contributed by atoms with van der Waals surface area (Å²) in [6, 6.07) is 7.60. The summed E-state index contributed by atoms with van der Waals surface area (Å²) in [5.41, 5.74) is 1.08. The Morgan fingerprint density at radius 3 is 2.60 bits per heavy atom. The Labute approximate surface area is 126 Å². The third-order valence-corrected chi connectivity index (χ3v) is 4.09. The molecule has 1 unspecified atom stereocenters. The molecule has 2 rings (SSSR count). The fourth-order valence-corrected chi connectivity index (χ4v) is 2.61. The number of β-amino-alcohol motifs (C(OH)–C–C–N with tert-alkyl or cyclic N) is 1. The minimum Gasteiger partial charge on any atom is -0.389 e. The van der Waals surface area contributed by atoms with Gasteiger partial charge in [0, 0.05) is 11.6 Å². The van der Waals surface area contributed by atoms with Gasteiger partial charge in [-0.15, -0.1) is 0 Å². The van der Waals surface area contributed by atoms with Crippen molar-refractivity contribution in [3.05, 3.63) is 34.9 Å². The smallest absolute Gasteiger partial charge is 0.0900 e. The summed E-state index contributed by atoms with van der Waals surface area (Å²) in [6.07, 6.45) is 2.06. The molecule has 3 nitrogen and oxygen atoms in total. The molecule has 0 spiro atoms. The van der Waals surface area contributed by atoms with Gasteiger partial charge < -0.3 is 14.7 Å². The third-order valence-electron chi connectivity index (χ3n) is 3.84. The van der Waals surface area contributed by atoms with Crippen LogP contribution in [0.1, 0.15) is 25.3 Å². The molecule has 1 atom stereocenters. The van der Waals surface area contributed by atoms with E-state index in [-0.39, 0.29) is 0 Å². The van der Waals surface area contributed by atoms with Crippen LogP contribution < -0.4 is 0 Å². The standard InChI is InChI=1S/C16H24ClNO2/c1-13-6-8-18(9-7-13)10-16(19)12-20-11-14-2-4-15(17)5-3-14/h2-5,13,16,19H,6-12H2,1H3. The predicted octanol–water partition coefficient (Wildman–Crippen LogP) is 2.95. The van der Waals surface area contributed by atoms with Crippen LogP contribution in [0.5, 0.6) is 0 Å². The number of aliphatic hydroxyl groups excluding tert-OH is 1. The van der Waals surface area contributed by atoms with Gasteiger partial charge in [0.15, 0.2) is 0 Å². The Balaban J connectivity index is 1.62. The van der Waals surface area contributed by atoms with Crippen molar-refractivity contribution in [2.75, 3.05) is 26.2 Å². The highest BCUT2D eigenvalue weighted by atomic mass is 35.5. The van der Waals surface area contributed by atoms with Crippen molar-refractivity contribution in [3.8, 4) is 0 Å². The fourth-order valence-electron chi connectivity index (χ4n) is 2.49. The van der Waals surface area contributed by atoms with Gasteiger partial charge in [0.2, 0.25) is 0 Å². The molecule has 0 bridgehead atoms. The van der Waals surface area contributed by atoms with E-state index in [0.29, 0.717) is 19.8 Å². The lowest BCUT2D eigenvalue weighted by Gasteiger charge is -2.31. The molecule has 20 heavy (non-hydrogen) atoms. The summed E-state index contributed by atoms with van der Waals surface area (Å²) in [6.45, 7) is 6.10. The van der Waals surface area contributed by atoms with E-state index in [1.807, 2.05) is 24.3 Å². The molecule has 1 heterocycles. The molecular weight excluding hydrogens is 274 g/mol. The van der Waals surface area contributed by atoms with E-state index in [0.717, 1.165) is 29.6 Å². The second-order valence-electron chi connectivity index (χ2n) is 5.78. The largest absolute Gasteiger partial charge is 0.389 e. The zero-order chi connectivity index (χ0) is 14.4. The van der Waals surface area contributed by atoms with Gasteiger partial charge in [0.25, 0.3) is 0 Å². The molecule has 0 aliphatic carbocycles. The van der Waals surface area contributed by atoms with Crippen molar-refractivity contribution < 1.29 is 9.84 Å². The van der Waals surface area contributed by atoms with Crippen LogP contribution in [0.2, 0.25) is 5.02 Å². The van der Waals surface area contributed by atoms with Crippen molar-refractivity contribution in [1.82, 2.24) is 4.90 Å². The number of nitrogens with zero attached hydrogens (tertiary/aromatic N) is 1. The number of rotatable bonds is 6. The predicted molar refractivity (Wildman–Crippen MR) is 82.0 cm³/mol. The molecule has 0 radical (unpaired) electrons. The molecule has 1 fully saturated rings. The average Bonchev–Trinajstić information content (AvgIpc) is 2.44. The zero-order valence-corrected chi connectivity index (χ0v) is 12.9. The Bertz CT molecular complexity index is 388. The number of likely N-dealkylation sites (tertiary alicyclic amines) is 1. The van der Waals surface area contributed by atoms with Gasteiger partial charge in [0.05, 0.1) is 19.3 Å². The fraction of sp³-hybridized carbons (Fsp3) is 0.625. The molecule has 112 valence electrons. The van der Waals surface area contributed by atoms with Crippen molar-refractivity contribution in [2.45, 2.75) is 32.5 Å². The van der Waals surface area contributed by atoms with Gasteiger partial charge in [-0.3, -0.25) is 0 Å². The number of ether oxygens (including phenoxy) is 1. The number of piperidine rings is 1. The van der Waals surface area contributed by atoms with E-state index in [9.17, 15) is 5.11 Å². The molecule has 1 aromatic carbocycles. The minimum atomic E-state index is -0.407. The van der Waals surface area contributed by atoms with Crippen LogP contribution in [0, 0.1) is 5.92 Å². The van der Waals surface area contributed by atoms with Crippen LogP contribution >= 0.6 is 11.6 Å². The summed E-state index contributed by atoms with van der Waals surface area (Å²) < 4.78 is 5.56. The summed E-state index contributed by atoms with van der Waals surface area (Å²) in [4.78, 5) is 2.33. The van der Waals surface area contributed by atoms with E-state index in [4.69, 9.17) is 16.3 Å². The number of aliphatic hydroxyl groups is 1. The van der Waals surface area contributed by atoms with Crippen LogP contribution in [0.4, 0.5) is 0 Å². The molecule has 1 saturated heterocycles. The van der Waals surface area contributed by atoms with E-state index in [1.165, 1.54) is 12.8 Å². The third kappa shape index (κ3) is 5.41. The molecule has 4 heteroatoms. The monoisotopic (exact) mass is 297 g/mol. The van der Waals surface area contributed by atoms with Gasteiger partial charge in [-0.05, 0) is 49.5 Å². The first kappa shape index (κ1) is 15.8. The lowest BCUT2D eigenvalue weighted by molar-refractivity contribution is 0.00497.